The number of halogens is 1. The van der Waals surface area contributed by atoms with E-state index in [1.807, 2.05) is 18.2 Å². The number of hydrogen-bond donors (Lipinski definition) is 2. The van der Waals surface area contributed by atoms with E-state index in [0.717, 1.165) is 24.0 Å². The molecule has 0 spiro atoms. The van der Waals surface area contributed by atoms with Gasteiger partial charge in [0.2, 0.25) is 0 Å². The predicted octanol–water partition coefficient (Wildman–Crippen LogP) is 3.17. The maximum absolute atomic E-state index is 11.0. The minimum Gasteiger partial charge on any atom is -0.394 e. The van der Waals surface area contributed by atoms with Crippen molar-refractivity contribution in [1.29, 1.82) is 0 Å². The SMILES string of the molecule is O=[N+]([O-])c1cc(CNC2(CO)CCc3ccccc32)ccc1Cl. The first-order valence-electron chi connectivity index (χ1n) is 7.43. The van der Waals surface area contributed by atoms with Crippen molar-refractivity contribution in [2.45, 2.75) is 24.9 Å². The Morgan fingerprint density at radius 3 is 2.83 bits per heavy atom. The van der Waals surface area contributed by atoms with Gasteiger partial charge < -0.3 is 10.4 Å². The van der Waals surface area contributed by atoms with Gasteiger partial charge in [0.05, 0.1) is 17.1 Å². The van der Waals surface area contributed by atoms with E-state index in [4.69, 9.17) is 11.6 Å². The molecule has 0 heterocycles. The Bertz CT molecular complexity index is 750. The highest BCUT2D eigenvalue weighted by Gasteiger charge is 2.37. The van der Waals surface area contributed by atoms with Gasteiger partial charge in [-0.1, -0.05) is 41.9 Å². The number of hydrogen-bond acceptors (Lipinski definition) is 4. The van der Waals surface area contributed by atoms with Crippen molar-refractivity contribution in [3.8, 4) is 0 Å². The molecule has 1 atom stereocenters. The minimum absolute atomic E-state index is 0.0142. The van der Waals surface area contributed by atoms with Crippen LogP contribution in [0, 0.1) is 10.1 Å². The Balaban J connectivity index is 1.83. The molecule has 1 unspecified atom stereocenters. The topological polar surface area (TPSA) is 75.4 Å². The molecule has 3 rings (SSSR count). The molecular weight excluding hydrogens is 316 g/mol. The lowest BCUT2D eigenvalue weighted by Gasteiger charge is -2.30. The molecule has 5 nitrogen and oxygen atoms in total. The zero-order valence-corrected chi connectivity index (χ0v) is 13.2. The number of aliphatic hydroxyl groups is 1. The molecule has 2 N–H and O–H groups in total. The largest absolute Gasteiger partial charge is 0.394 e. The highest BCUT2D eigenvalue weighted by atomic mass is 35.5. The number of nitrogens with zero attached hydrogens (tertiary/aromatic N) is 1. The Hall–Kier alpha value is -1.95. The number of benzene rings is 2. The quantitative estimate of drug-likeness (QED) is 0.651. The lowest BCUT2D eigenvalue weighted by atomic mass is 9.92. The molecule has 6 heteroatoms. The van der Waals surface area contributed by atoms with Crippen LogP contribution in [0.4, 0.5) is 5.69 Å². The molecular formula is C17H17ClN2O3. The summed E-state index contributed by atoms with van der Waals surface area (Å²) in [6, 6.07) is 12.8. The monoisotopic (exact) mass is 332 g/mol. The van der Waals surface area contributed by atoms with Crippen molar-refractivity contribution in [3.63, 3.8) is 0 Å². The Morgan fingerprint density at radius 1 is 1.30 bits per heavy atom. The van der Waals surface area contributed by atoms with Crippen molar-refractivity contribution < 1.29 is 10.0 Å². The maximum Gasteiger partial charge on any atom is 0.288 e. The standard InChI is InChI=1S/C17H17ClN2O3/c18-15-6-5-12(9-16(15)20(22)23)10-19-17(11-21)8-7-13-3-1-2-4-14(13)17/h1-6,9,19,21H,7-8,10-11H2. The van der Waals surface area contributed by atoms with E-state index < -0.39 is 10.5 Å². The van der Waals surface area contributed by atoms with Crippen LogP contribution in [-0.4, -0.2) is 16.6 Å². The molecule has 0 amide bonds. The van der Waals surface area contributed by atoms with Gasteiger partial charge in [-0.3, -0.25) is 10.1 Å². The molecule has 0 aromatic heterocycles. The fourth-order valence-electron chi connectivity index (χ4n) is 3.17. The number of fused-ring (bicyclic) bond motifs is 1. The molecule has 23 heavy (non-hydrogen) atoms. The van der Waals surface area contributed by atoms with Gasteiger partial charge >= 0.3 is 0 Å². The Morgan fingerprint density at radius 2 is 2.09 bits per heavy atom. The lowest BCUT2D eigenvalue weighted by molar-refractivity contribution is -0.384. The van der Waals surface area contributed by atoms with Crippen LogP contribution in [0.3, 0.4) is 0 Å². The van der Waals surface area contributed by atoms with Crippen molar-refractivity contribution in [1.82, 2.24) is 5.32 Å². The van der Waals surface area contributed by atoms with Gasteiger partial charge in [0.15, 0.2) is 0 Å². The smallest absolute Gasteiger partial charge is 0.288 e. The van der Waals surface area contributed by atoms with Gasteiger partial charge in [-0.25, -0.2) is 0 Å². The number of aryl methyl sites for hydroxylation is 1. The summed E-state index contributed by atoms with van der Waals surface area (Å²) in [4.78, 5) is 10.5. The molecule has 0 saturated heterocycles. The van der Waals surface area contributed by atoms with Crippen molar-refractivity contribution in [2.75, 3.05) is 6.61 Å². The number of nitrogens with one attached hydrogen (secondary N) is 1. The zero-order valence-electron chi connectivity index (χ0n) is 12.5. The molecule has 120 valence electrons. The summed E-state index contributed by atoms with van der Waals surface area (Å²) >= 11 is 5.84. The van der Waals surface area contributed by atoms with Gasteiger partial charge in [-0.2, -0.15) is 0 Å². The summed E-state index contributed by atoms with van der Waals surface area (Å²) in [6.07, 6.45) is 1.71. The first-order chi connectivity index (χ1) is 11.1. The molecule has 2 aromatic carbocycles. The summed E-state index contributed by atoms with van der Waals surface area (Å²) in [5.74, 6) is 0. The molecule has 0 aliphatic heterocycles. The van der Waals surface area contributed by atoms with Gasteiger partial charge in [-0.15, -0.1) is 0 Å². The van der Waals surface area contributed by atoms with E-state index in [1.165, 1.54) is 17.7 Å². The van der Waals surface area contributed by atoms with E-state index in [0.29, 0.717) is 6.54 Å². The minimum atomic E-state index is -0.495. The van der Waals surface area contributed by atoms with Gasteiger partial charge in [0, 0.05) is 12.6 Å². The molecule has 2 aromatic rings. The highest BCUT2D eigenvalue weighted by molar-refractivity contribution is 6.32. The maximum atomic E-state index is 11.0. The van der Waals surface area contributed by atoms with Crippen molar-refractivity contribution in [3.05, 3.63) is 74.3 Å². The van der Waals surface area contributed by atoms with E-state index in [9.17, 15) is 15.2 Å². The van der Waals surface area contributed by atoms with Crippen LogP contribution in [-0.2, 0) is 18.5 Å². The first-order valence-corrected chi connectivity index (χ1v) is 7.81. The molecule has 1 aliphatic rings. The van der Waals surface area contributed by atoms with Gasteiger partial charge in [0.25, 0.3) is 5.69 Å². The highest BCUT2D eigenvalue weighted by Crippen LogP contribution is 2.37. The van der Waals surface area contributed by atoms with Gasteiger partial charge in [0.1, 0.15) is 5.02 Å². The van der Waals surface area contributed by atoms with Gasteiger partial charge in [-0.05, 0) is 35.6 Å². The third-order valence-corrected chi connectivity index (χ3v) is 4.78. The van der Waals surface area contributed by atoms with Crippen LogP contribution in [0.25, 0.3) is 0 Å². The molecule has 1 aliphatic carbocycles. The molecule has 0 radical (unpaired) electrons. The van der Waals surface area contributed by atoms with Crippen LogP contribution in [0.5, 0.6) is 0 Å². The lowest BCUT2D eigenvalue weighted by Crippen LogP contribution is -2.43. The number of nitro benzene ring substituents is 1. The van der Waals surface area contributed by atoms with Crippen LogP contribution < -0.4 is 5.32 Å². The third-order valence-electron chi connectivity index (χ3n) is 4.46. The second-order valence-corrected chi connectivity index (χ2v) is 6.20. The first kappa shape index (κ1) is 15.9. The van der Waals surface area contributed by atoms with E-state index in [-0.39, 0.29) is 17.3 Å². The number of nitro groups is 1. The fraction of sp³-hybridized carbons (Fsp3) is 0.294. The molecule has 0 bridgehead atoms. The number of rotatable bonds is 5. The van der Waals surface area contributed by atoms with Crippen LogP contribution in [0.15, 0.2) is 42.5 Å². The summed E-state index contributed by atoms with van der Waals surface area (Å²) in [5.41, 5.74) is 2.50. The molecule has 0 fully saturated rings. The summed E-state index contributed by atoms with van der Waals surface area (Å²) in [5, 5.41) is 24.4. The zero-order chi connectivity index (χ0) is 16.4. The van der Waals surface area contributed by atoms with Crippen LogP contribution in [0.2, 0.25) is 5.02 Å². The summed E-state index contributed by atoms with van der Waals surface area (Å²) in [7, 11) is 0. The average molecular weight is 333 g/mol. The van der Waals surface area contributed by atoms with E-state index >= 15 is 0 Å². The van der Waals surface area contributed by atoms with E-state index in [2.05, 4.69) is 11.4 Å². The van der Waals surface area contributed by atoms with Crippen molar-refractivity contribution >= 4 is 17.3 Å². The Labute approximate surface area is 139 Å². The molecule has 0 saturated carbocycles. The van der Waals surface area contributed by atoms with Crippen molar-refractivity contribution in [2.24, 2.45) is 0 Å². The Kier molecular flexibility index (Phi) is 4.35. The fourth-order valence-corrected chi connectivity index (χ4v) is 3.36. The summed E-state index contributed by atoms with van der Waals surface area (Å²) < 4.78 is 0. The van der Waals surface area contributed by atoms with Crippen LogP contribution in [0.1, 0.15) is 23.1 Å². The average Bonchev–Trinajstić information content (AvgIpc) is 2.93. The second-order valence-electron chi connectivity index (χ2n) is 5.79. The second kappa shape index (κ2) is 6.28. The predicted molar refractivity (Wildman–Crippen MR) is 88.5 cm³/mol. The number of aliphatic hydroxyl groups excluding tert-OH is 1. The van der Waals surface area contributed by atoms with E-state index in [1.54, 1.807) is 6.07 Å². The normalized spacial score (nSPS) is 19.6. The third kappa shape index (κ3) is 2.95. The van der Waals surface area contributed by atoms with Crippen LogP contribution >= 0.6 is 11.6 Å². The summed E-state index contributed by atoms with van der Waals surface area (Å²) in [6.45, 7) is 0.409.